The van der Waals surface area contributed by atoms with Crippen molar-refractivity contribution >= 4 is 29.0 Å². The van der Waals surface area contributed by atoms with Gasteiger partial charge in [-0.15, -0.1) is 0 Å². The summed E-state index contributed by atoms with van der Waals surface area (Å²) in [5.74, 6) is 0.132. The van der Waals surface area contributed by atoms with E-state index in [2.05, 4.69) is 5.32 Å². The Kier molecular flexibility index (Phi) is 5.63. The molecule has 0 aliphatic heterocycles. The third-order valence-electron chi connectivity index (χ3n) is 3.60. The summed E-state index contributed by atoms with van der Waals surface area (Å²) in [4.78, 5) is 12.1. The van der Waals surface area contributed by atoms with Crippen LogP contribution in [-0.4, -0.2) is 12.3 Å². The summed E-state index contributed by atoms with van der Waals surface area (Å²) in [5, 5.41) is 4.61. The molecule has 0 radical (unpaired) electrons. The summed E-state index contributed by atoms with van der Waals surface area (Å²) >= 11 is 12.1. The summed E-state index contributed by atoms with van der Waals surface area (Å²) in [7, 11) is 0. The Hall–Kier alpha value is -1.35. The molecular formula is C18H19Cl2NO. The topological polar surface area (TPSA) is 29.1 Å². The minimum absolute atomic E-state index is 0.132. The van der Waals surface area contributed by atoms with E-state index in [1.807, 2.05) is 56.3 Å². The Morgan fingerprint density at radius 3 is 2.23 bits per heavy atom. The minimum atomic E-state index is -0.314. The average Bonchev–Trinajstić information content (AvgIpc) is 2.47. The van der Waals surface area contributed by atoms with Gasteiger partial charge in [0.05, 0.1) is 0 Å². The molecule has 0 heterocycles. The van der Waals surface area contributed by atoms with Crippen molar-refractivity contribution in [2.75, 3.05) is 6.54 Å². The van der Waals surface area contributed by atoms with Gasteiger partial charge in [-0.25, -0.2) is 0 Å². The molecule has 2 rings (SSSR count). The van der Waals surface area contributed by atoms with E-state index in [4.69, 9.17) is 23.2 Å². The Morgan fingerprint density at radius 2 is 1.64 bits per heavy atom. The molecule has 0 spiro atoms. The highest BCUT2D eigenvalue weighted by molar-refractivity contribution is 6.34. The molecular weight excluding hydrogens is 317 g/mol. The fourth-order valence-electron chi connectivity index (χ4n) is 2.27. The summed E-state index contributed by atoms with van der Waals surface area (Å²) in [6.07, 6.45) is 0.446. The summed E-state index contributed by atoms with van der Waals surface area (Å²) in [6, 6.07) is 14.8. The highest BCUT2D eigenvalue weighted by atomic mass is 35.5. The molecule has 0 amide bonds. The third-order valence-corrected chi connectivity index (χ3v) is 4.04. The van der Waals surface area contributed by atoms with Gasteiger partial charge in [-0.2, -0.15) is 0 Å². The second-order valence-electron chi connectivity index (χ2n) is 5.75. The second kappa shape index (κ2) is 7.28. The van der Waals surface area contributed by atoms with Crippen molar-refractivity contribution in [3.63, 3.8) is 0 Å². The van der Waals surface area contributed by atoms with E-state index in [0.29, 0.717) is 23.0 Å². The zero-order valence-electron chi connectivity index (χ0n) is 12.7. The molecule has 0 aliphatic rings. The molecule has 2 aromatic carbocycles. The van der Waals surface area contributed by atoms with Crippen LogP contribution >= 0.6 is 23.2 Å². The maximum Gasteiger partial charge on any atom is 0.164 e. The van der Waals surface area contributed by atoms with E-state index >= 15 is 0 Å². The van der Waals surface area contributed by atoms with E-state index in [1.54, 1.807) is 6.07 Å². The highest BCUT2D eigenvalue weighted by Gasteiger charge is 2.21. The standard InChI is InChI=1S/C18H19Cl2NO/c1-18(2,14-10-15(19)12-16(20)11-14)21-9-8-17(22)13-6-4-3-5-7-13/h3-7,10-12,21H,8-9H2,1-2H3. The molecule has 0 saturated heterocycles. The van der Waals surface area contributed by atoms with Gasteiger partial charge in [0.25, 0.3) is 0 Å². The average molecular weight is 336 g/mol. The molecule has 0 unspecified atom stereocenters. The van der Waals surface area contributed by atoms with Gasteiger partial charge >= 0.3 is 0 Å². The van der Waals surface area contributed by atoms with Crippen LogP contribution in [0.3, 0.4) is 0 Å². The Labute approximate surface area is 141 Å². The quantitative estimate of drug-likeness (QED) is 0.745. The number of Topliss-reactive ketones (excluding diaryl/α,β-unsaturated/α-hetero) is 1. The van der Waals surface area contributed by atoms with E-state index in [0.717, 1.165) is 11.1 Å². The van der Waals surface area contributed by atoms with Crippen LogP contribution in [0.1, 0.15) is 36.2 Å². The predicted molar refractivity (Wildman–Crippen MR) is 92.9 cm³/mol. The van der Waals surface area contributed by atoms with E-state index in [1.165, 1.54) is 0 Å². The fraction of sp³-hybridized carbons (Fsp3) is 0.278. The molecule has 0 fully saturated rings. The smallest absolute Gasteiger partial charge is 0.164 e. The molecule has 22 heavy (non-hydrogen) atoms. The summed E-state index contributed by atoms with van der Waals surface area (Å²) in [6.45, 7) is 4.68. The molecule has 0 saturated carbocycles. The van der Waals surface area contributed by atoms with Crippen molar-refractivity contribution in [2.24, 2.45) is 0 Å². The Morgan fingerprint density at radius 1 is 1.05 bits per heavy atom. The van der Waals surface area contributed by atoms with Gasteiger partial charge < -0.3 is 5.32 Å². The second-order valence-corrected chi connectivity index (χ2v) is 6.62. The SMILES string of the molecule is CC(C)(NCCC(=O)c1ccccc1)c1cc(Cl)cc(Cl)c1. The normalized spacial score (nSPS) is 11.5. The first-order valence-corrected chi connectivity index (χ1v) is 7.94. The van der Waals surface area contributed by atoms with Gasteiger partial charge in [0.15, 0.2) is 5.78 Å². The van der Waals surface area contributed by atoms with Crippen molar-refractivity contribution in [1.29, 1.82) is 0 Å². The van der Waals surface area contributed by atoms with Crippen LogP contribution in [0.2, 0.25) is 10.0 Å². The third kappa shape index (κ3) is 4.57. The fourth-order valence-corrected chi connectivity index (χ4v) is 2.80. The lowest BCUT2D eigenvalue weighted by atomic mass is 9.94. The van der Waals surface area contributed by atoms with Crippen LogP contribution in [0.15, 0.2) is 48.5 Å². The van der Waals surface area contributed by atoms with Crippen LogP contribution in [0.5, 0.6) is 0 Å². The van der Waals surface area contributed by atoms with Crippen molar-refractivity contribution < 1.29 is 4.79 Å². The molecule has 4 heteroatoms. The summed E-state index contributed by atoms with van der Waals surface area (Å²) in [5.41, 5.74) is 1.43. The zero-order chi connectivity index (χ0) is 16.2. The number of hydrogen-bond acceptors (Lipinski definition) is 2. The zero-order valence-corrected chi connectivity index (χ0v) is 14.2. The number of halogens is 2. The molecule has 116 valence electrons. The van der Waals surface area contributed by atoms with E-state index in [9.17, 15) is 4.79 Å². The van der Waals surface area contributed by atoms with Gasteiger partial charge in [-0.3, -0.25) is 4.79 Å². The maximum absolute atomic E-state index is 12.1. The molecule has 2 nitrogen and oxygen atoms in total. The van der Waals surface area contributed by atoms with Gasteiger partial charge in [0, 0.05) is 34.1 Å². The Bertz CT molecular complexity index is 633. The first-order valence-electron chi connectivity index (χ1n) is 7.18. The lowest BCUT2D eigenvalue weighted by Crippen LogP contribution is -2.37. The van der Waals surface area contributed by atoms with Crippen LogP contribution in [0, 0.1) is 0 Å². The van der Waals surface area contributed by atoms with Crippen LogP contribution < -0.4 is 5.32 Å². The lowest BCUT2D eigenvalue weighted by molar-refractivity contribution is 0.0980. The van der Waals surface area contributed by atoms with E-state index in [-0.39, 0.29) is 11.3 Å². The highest BCUT2D eigenvalue weighted by Crippen LogP contribution is 2.27. The molecule has 0 aromatic heterocycles. The molecule has 0 aliphatic carbocycles. The van der Waals surface area contributed by atoms with Crippen molar-refractivity contribution in [2.45, 2.75) is 25.8 Å². The number of nitrogens with one attached hydrogen (secondary N) is 1. The first-order chi connectivity index (χ1) is 10.4. The maximum atomic E-state index is 12.1. The number of rotatable bonds is 6. The molecule has 0 bridgehead atoms. The Balaban J connectivity index is 1.96. The van der Waals surface area contributed by atoms with Gasteiger partial charge in [0.2, 0.25) is 0 Å². The number of carbonyl (C=O) groups is 1. The van der Waals surface area contributed by atoms with Crippen molar-refractivity contribution in [1.82, 2.24) is 5.32 Å². The van der Waals surface area contributed by atoms with Gasteiger partial charge in [0.1, 0.15) is 0 Å². The van der Waals surface area contributed by atoms with Crippen LogP contribution in [0.25, 0.3) is 0 Å². The van der Waals surface area contributed by atoms with Gasteiger partial charge in [-0.1, -0.05) is 53.5 Å². The molecule has 1 N–H and O–H groups in total. The van der Waals surface area contributed by atoms with Crippen LogP contribution in [0.4, 0.5) is 0 Å². The monoisotopic (exact) mass is 335 g/mol. The number of carbonyl (C=O) groups excluding carboxylic acids is 1. The largest absolute Gasteiger partial charge is 0.307 e. The van der Waals surface area contributed by atoms with E-state index < -0.39 is 0 Å². The summed E-state index contributed by atoms with van der Waals surface area (Å²) < 4.78 is 0. The first kappa shape index (κ1) is 17.0. The number of hydrogen-bond donors (Lipinski definition) is 1. The molecule has 2 aromatic rings. The molecule has 0 atom stereocenters. The minimum Gasteiger partial charge on any atom is -0.307 e. The van der Waals surface area contributed by atoms with Crippen molar-refractivity contribution in [3.8, 4) is 0 Å². The number of benzene rings is 2. The van der Waals surface area contributed by atoms with Crippen molar-refractivity contribution in [3.05, 3.63) is 69.7 Å². The lowest BCUT2D eigenvalue weighted by Gasteiger charge is -2.27. The van der Waals surface area contributed by atoms with Crippen LogP contribution in [-0.2, 0) is 5.54 Å². The van der Waals surface area contributed by atoms with Gasteiger partial charge in [-0.05, 0) is 37.6 Å². The predicted octanol–water partition coefficient (Wildman–Crippen LogP) is 5.09. The number of ketones is 1.